The highest BCUT2D eigenvalue weighted by Crippen LogP contribution is 2.37. The van der Waals surface area contributed by atoms with E-state index in [9.17, 15) is 0 Å². The molecule has 0 aliphatic carbocycles. The van der Waals surface area contributed by atoms with Gasteiger partial charge >= 0.3 is 0 Å². The van der Waals surface area contributed by atoms with Crippen LogP contribution in [0.4, 0.5) is 0 Å². The van der Waals surface area contributed by atoms with Crippen LogP contribution in [0.1, 0.15) is 76.0 Å². The standard InChI is InChI=1S/C20H29N2/c1-13(2)16-10-17(14(3)4)20(18(11-16)15(5)6)19-8-9-22(7)12-21-19/h8-15H,1-7H3/q+1. The molecule has 1 heterocycles. The maximum Gasteiger partial charge on any atom is 0.286 e. The van der Waals surface area contributed by atoms with E-state index in [-0.39, 0.29) is 0 Å². The molecule has 2 nitrogen and oxygen atoms in total. The lowest BCUT2D eigenvalue weighted by Gasteiger charge is -2.21. The highest BCUT2D eigenvalue weighted by Gasteiger charge is 2.21. The molecular formula is C20H29N2+. The van der Waals surface area contributed by atoms with E-state index in [0.717, 1.165) is 5.69 Å². The van der Waals surface area contributed by atoms with Crippen LogP contribution in [-0.2, 0) is 7.05 Å². The molecule has 118 valence electrons. The van der Waals surface area contributed by atoms with Crippen molar-refractivity contribution in [2.24, 2.45) is 7.05 Å². The molecule has 1 aromatic heterocycles. The third-order valence-corrected chi connectivity index (χ3v) is 4.24. The summed E-state index contributed by atoms with van der Waals surface area (Å²) in [6.45, 7) is 13.6. The molecule has 0 unspecified atom stereocenters. The van der Waals surface area contributed by atoms with Crippen LogP contribution in [0, 0.1) is 0 Å². The second kappa shape index (κ2) is 6.60. The summed E-state index contributed by atoms with van der Waals surface area (Å²) in [6.07, 6.45) is 3.97. The van der Waals surface area contributed by atoms with Crippen LogP contribution in [0.3, 0.4) is 0 Å². The van der Waals surface area contributed by atoms with Crippen molar-refractivity contribution in [2.75, 3.05) is 0 Å². The minimum Gasteiger partial charge on any atom is -0.240 e. The average Bonchev–Trinajstić information content (AvgIpc) is 2.46. The van der Waals surface area contributed by atoms with Crippen molar-refractivity contribution in [1.82, 2.24) is 4.98 Å². The second-order valence-corrected chi connectivity index (χ2v) is 7.15. The molecule has 0 N–H and O–H groups in total. The normalized spacial score (nSPS) is 11.7. The Morgan fingerprint density at radius 1 is 0.864 bits per heavy atom. The fraction of sp³-hybridized carbons (Fsp3) is 0.500. The van der Waals surface area contributed by atoms with Gasteiger partial charge in [0, 0.05) is 11.6 Å². The molecule has 22 heavy (non-hydrogen) atoms. The summed E-state index contributed by atoms with van der Waals surface area (Å²) in [6, 6.07) is 6.89. The first kappa shape index (κ1) is 16.7. The van der Waals surface area contributed by atoms with Crippen LogP contribution in [-0.4, -0.2) is 4.98 Å². The molecule has 0 saturated carbocycles. The first-order valence-electron chi connectivity index (χ1n) is 8.30. The Morgan fingerprint density at radius 2 is 1.41 bits per heavy atom. The van der Waals surface area contributed by atoms with E-state index in [1.807, 2.05) is 17.9 Å². The van der Waals surface area contributed by atoms with Gasteiger partial charge in [0.15, 0.2) is 5.69 Å². The molecule has 0 atom stereocenters. The van der Waals surface area contributed by atoms with E-state index in [0.29, 0.717) is 17.8 Å². The summed E-state index contributed by atoms with van der Waals surface area (Å²) in [5.41, 5.74) is 6.67. The van der Waals surface area contributed by atoms with Crippen molar-refractivity contribution in [1.29, 1.82) is 0 Å². The first-order valence-corrected chi connectivity index (χ1v) is 8.30. The lowest BCUT2D eigenvalue weighted by atomic mass is 9.83. The fourth-order valence-corrected chi connectivity index (χ4v) is 2.82. The molecule has 0 bridgehead atoms. The first-order chi connectivity index (χ1) is 10.3. The van der Waals surface area contributed by atoms with E-state index >= 15 is 0 Å². The maximum atomic E-state index is 4.67. The summed E-state index contributed by atoms with van der Waals surface area (Å²) in [5.74, 6) is 1.52. The van der Waals surface area contributed by atoms with Gasteiger partial charge in [-0.1, -0.05) is 53.7 Å². The zero-order chi connectivity index (χ0) is 16.4. The molecule has 0 aliphatic heterocycles. The highest BCUT2D eigenvalue weighted by atomic mass is 15.0. The van der Waals surface area contributed by atoms with Gasteiger partial charge in [-0.2, -0.15) is 0 Å². The molecule has 0 fully saturated rings. The number of aryl methyl sites for hydroxylation is 1. The van der Waals surface area contributed by atoms with Gasteiger partial charge in [0.2, 0.25) is 0 Å². The summed E-state index contributed by atoms with van der Waals surface area (Å²) in [4.78, 5) is 4.67. The third kappa shape index (κ3) is 3.37. The van der Waals surface area contributed by atoms with Crippen molar-refractivity contribution < 1.29 is 4.57 Å². The molecule has 1 aromatic carbocycles. The Kier molecular flexibility index (Phi) is 5.00. The molecule has 0 aliphatic rings. The predicted octanol–water partition coefficient (Wildman–Crippen LogP) is 4.94. The number of hydrogen-bond acceptors (Lipinski definition) is 1. The number of rotatable bonds is 4. The fourth-order valence-electron chi connectivity index (χ4n) is 2.82. The van der Waals surface area contributed by atoms with Gasteiger partial charge in [-0.05, 0) is 39.4 Å². The van der Waals surface area contributed by atoms with Crippen molar-refractivity contribution in [3.05, 3.63) is 47.4 Å². The molecule has 0 radical (unpaired) electrons. The lowest BCUT2D eigenvalue weighted by molar-refractivity contribution is -0.674. The number of hydrogen-bond donors (Lipinski definition) is 0. The Hall–Kier alpha value is -1.70. The van der Waals surface area contributed by atoms with Gasteiger partial charge < -0.3 is 0 Å². The van der Waals surface area contributed by atoms with E-state index < -0.39 is 0 Å². The minimum absolute atomic E-state index is 0.488. The largest absolute Gasteiger partial charge is 0.286 e. The molecule has 0 spiro atoms. The highest BCUT2D eigenvalue weighted by molar-refractivity contribution is 5.70. The van der Waals surface area contributed by atoms with Crippen LogP contribution in [0.2, 0.25) is 0 Å². The van der Waals surface area contributed by atoms with Crippen molar-refractivity contribution in [3.63, 3.8) is 0 Å². The molecule has 2 aromatic rings. The van der Waals surface area contributed by atoms with Crippen LogP contribution in [0.25, 0.3) is 11.3 Å². The monoisotopic (exact) mass is 297 g/mol. The number of nitrogens with zero attached hydrogens (tertiary/aromatic N) is 2. The van der Waals surface area contributed by atoms with Crippen molar-refractivity contribution in [3.8, 4) is 11.3 Å². The Morgan fingerprint density at radius 3 is 1.77 bits per heavy atom. The van der Waals surface area contributed by atoms with E-state index in [2.05, 4.69) is 70.9 Å². The van der Waals surface area contributed by atoms with Crippen LogP contribution in [0.5, 0.6) is 0 Å². The van der Waals surface area contributed by atoms with Gasteiger partial charge in [-0.3, -0.25) is 0 Å². The Balaban J connectivity index is 2.76. The summed E-state index contributed by atoms with van der Waals surface area (Å²) in [5, 5.41) is 0. The Bertz CT molecular complexity index is 608. The summed E-state index contributed by atoms with van der Waals surface area (Å²) >= 11 is 0. The molecule has 2 rings (SSSR count). The predicted molar refractivity (Wildman–Crippen MR) is 93.1 cm³/mol. The van der Waals surface area contributed by atoms with Crippen LogP contribution in [0.15, 0.2) is 30.7 Å². The smallest absolute Gasteiger partial charge is 0.240 e. The number of benzene rings is 1. The van der Waals surface area contributed by atoms with Gasteiger partial charge in [0.25, 0.3) is 6.33 Å². The second-order valence-electron chi connectivity index (χ2n) is 7.15. The SMILES string of the molecule is CC(C)c1cc(C(C)C)c(-c2cc[n+](C)cn2)c(C(C)C)c1. The molecular weight excluding hydrogens is 268 g/mol. The zero-order valence-corrected chi connectivity index (χ0v) is 15.0. The third-order valence-electron chi connectivity index (χ3n) is 4.24. The van der Waals surface area contributed by atoms with Crippen LogP contribution < -0.4 is 4.57 Å². The Labute approximate surface area is 135 Å². The van der Waals surface area contributed by atoms with Crippen molar-refractivity contribution >= 4 is 0 Å². The summed E-state index contributed by atoms with van der Waals surface area (Å²) in [7, 11) is 2.01. The minimum atomic E-state index is 0.488. The quantitative estimate of drug-likeness (QED) is 0.730. The number of aromatic nitrogens is 2. The summed E-state index contributed by atoms with van der Waals surface area (Å²) < 4.78 is 1.98. The van der Waals surface area contributed by atoms with Gasteiger partial charge in [-0.15, -0.1) is 0 Å². The maximum absolute atomic E-state index is 4.67. The molecule has 0 saturated heterocycles. The van der Waals surface area contributed by atoms with Gasteiger partial charge in [-0.25, -0.2) is 4.57 Å². The lowest BCUT2D eigenvalue weighted by Crippen LogP contribution is -2.27. The van der Waals surface area contributed by atoms with Gasteiger partial charge in [0.05, 0.1) is 13.2 Å². The molecule has 2 heteroatoms. The molecule has 0 amide bonds. The van der Waals surface area contributed by atoms with E-state index in [1.165, 1.54) is 22.3 Å². The van der Waals surface area contributed by atoms with Crippen LogP contribution >= 0.6 is 0 Å². The van der Waals surface area contributed by atoms with Crippen molar-refractivity contribution in [2.45, 2.75) is 59.3 Å². The van der Waals surface area contributed by atoms with E-state index in [4.69, 9.17) is 0 Å². The zero-order valence-electron chi connectivity index (χ0n) is 15.0. The van der Waals surface area contributed by atoms with E-state index in [1.54, 1.807) is 0 Å². The topological polar surface area (TPSA) is 16.8 Å². The van der Waals surface area contributed by atoms with Gasteiger partial charge in [0.1, 0.15) is 0 Å². The average molecular weight is 297 g/mol.